The van der Waals surface area contributed by atoms with E-state index in [1.807, 2.05) is 55.0 Å². The number of benzene rings is 2. The summed E-state index contributed by atoms with van der Waals surface area (Å²) >= 11 is 0. The Morgan fingerprint density at radius 3 is 2.45 bits per heavy atom. The molecule has 2 aromatic heterocycles. The fourth-order valence-electron chi connectivity index (χ4n) is 3.60. The van der Waals surface area contributed by atoms with Crippen LogP contribution < -0.4 is 5.69 Å². The van der Waals surface area contributed by atoms with E-state index < -0.39 is 0 Å². The molecule has 1 N–H and O–H groups in total. The SMILES string of the molecule is CCC=Cc1cn(C(C)C)c(=O)n1Cc1ccc(-c2ccccc2-c2nnn[nH]2)cc1. The van der Waals surface area contributed by atoms with Crippen LogP contribution in [0.3, 0.4) is 0 Å². The van der Waals surface area contributed by atoms with Gasteiger partial charge in [0, 0.05) is 17.8 Å². The van der Waals surface area contributed by atoms with Crippen LogP contribution in [0, 0.1) is 0 Å². The molecule has 2 heterocycles. The molecule has 2 aromatic carbocycles. The molecule has 31 heavy (non-hydrogen) atoms. The highest BCUT2D eigenvalue weighted by Gasteiger charge is 2.13. The largest absolute Gasteiger partial charge is 0.329 e. The molecule has 158 valence electrons. The number of allylic oxidation sites excluding steroid dienone is 1. The summed E-state index contributed by atoms with van der Waals surface area (Å²) in [6, 6.07) is 16.4. The lowest BCUT2D eigenvalue weighted by Crippen LogP contribution is -2.26. The first kappa shape index (κ1) is 20.5. The molecule has 7 heteroatoms. The van der Waals surface area contributed by atoms with Gasteiger partial charge in [0.05, 0.1) is 12.2 Å². The third-order valence-corrected chi connectivity index (χ3v) is 5.25. The standard InChI is InChI=1S/C24H26N6O/c1-4-5-8-20-16-29(17(2)3)24(31)30(20)15-18-11-13-19(14-12-18)21-9-6-7-10-22(21)23-25-27-28-26-23/h5-14,16-17H,4,15H2,1-3H3,(H,25,26,27,28). The first-order valence-electron chi connectivity index (χ1n) is 10.5. The van der Waals surface area contributed by atoms with Crippen LogP contribution in [0.15, 0.2) is 65.6 Å². The number of hydrogen-bond donors (Lipinski definition) is 1. The molecule has 0 unspecified atom stereocenters. The van der Waals surface area contributed by atoms with Crippen molar-refractivity contribution in [2.24, 2.45) is 0 Å². The number of aromatic nitrogens is 6. The first-order chi connectivity index (χ1) is 15.1. The Bertz CT molecular complexity index is 1230. The summed E-state index contributed by atoms with van der Waals surface area (Å²) in [4.78, 5) is 12.9. The summed E-state index contributed by atoms with van der Waals surface area (Å²) < 4.78 is 3.61. The topological polar surface area (TPSA) is 81.4 Å². The molecule has 0 radical (unpaired) electrons. The number of aromatic amines is 1. The van der Waals surface area contributed by atoms with Gasteiger partial charge in [-0.1, -0.05) is 61.5 Å². The molecule has 0 spiro atoms. The Kier molecular flexibility index (Phi) is 5.93. The molecule has 0 saturated carbocycles. The van der Waals surface area contributed by atoms with Crippen LogP contribution in [-0.4, -0.2) is 29.8 Å². The van der Waals surface area contributed by atoms with Crippen LogP contribution in [0.5, 0.6) is 0 Å². The van der Waals surface area contributed by atoms with Gasteiger partial charge >= 0.3 is 5.69 Å². The van der Waals surface area contributed by atoms with E-state index in [4.69, 9.17) is 0 Å². The maximum atomic E-state index is 12.9. The second kappa shape index (κ2) is 8.95. The molecule has 0 fully saturated rings. The quantitative estimate of drug-likeness (QED) is 0.481. The molecule has 0 aliphatic heterocycles. The first-order valence-corrected chi connectivity index (χ1v) is 10.5. The van der Waals surface area contributed by atoms with Crippen molar-refractivity contribution in [1.29, 1.82) is 0 Å². The van der Waals surface area contributed by atoms with Gasteiger partial charge in [0.15, 0.2) is 5.82 Å². The van der Waals surface area contributed by atoms with Gasteiger partial charge < -0.3 is 0 Å². The van der Waals surface area contributed by atoms with E-state index in [1.54, 1.807) is 4.57 Å². The zero-order valence-corrected chi connectivity index (χ0v) is 18.0. The van der Waals surface area contributed by atoms with Crippen molar-refractivity contribution < 1.29 is 0 Å². The van der Waals surface area contributed by atoms with E-state index in [0.717, 1.165) is 34.4 Å². The Hall–Kier alpha value is -3.74. The van der Waals surface area contributed by atoms with Gasteiger partial charge in [0.25, 0.3) is 0 Å². The van der Waals surface area contributed by atoms with E-state index >= 15 is 0 Å². The average molecular weight is 415 g/mol. The van der Waals surface area contributed by atoms with Crippen molar-refractivity contribution in [2.45, 2.75) is 39.8 Å². The summed E-state index contributed by atoms with van der Waals surface area (Å²) in [7, 11) is 0. The fraction of sp³-hybridized carbons (Fsp3) is 0.250. The maximum Gasteiger partial charge on any atom is 0.329 e. The Morgan fingerprint density at radius 2 is 1.81 bits per heavy atom. The molecule has 4 aromatic rings. The van der Waals surface area contributed by atoms with Crippen molar-refractivity contribution in [3.63, 3.8) is 0 Å². The van der Waals surface area contributed by atoms with Crippen LogP contribution >= 0.6 is 0 Å². The van der Waals surface area contributed by atoms with Crippen molar-refractivity contribution in [2.75, 3.05) is 0 Å². The molecule has 0 aliphatic carbocycles. The molecule has 0 atom stereocenters. The van der Waals surface area contributed by atoms with E-state index in [9.17, 15) is 4.79 Å². The molecular formula is C24H26N6O. The third-order valence-electron chi connectivity index (χ3n) is 5.25. The Labute approximate surface area is 181 Å². The van der Waals surface area contributed by atoms with Gasteiger partial charge in [-0.15, -0.1) is 5.10 Å². The van der Waals surface area contributed by atoms with Gasteiger partial charge in [-0.2, -0.15) is 0 Å². The second-order valence-corrected chi connectivity index (χ2v) is 7.73. The normalized spacial score (nSPS) is 11.6. The van der Waals surface area contributed by atoms with E-state index in [2.05, 4.69) is 57.9 Å². The summed E-state index contributed by atoms with van der Waals surface area (Å²) in [6.07, 6.45) is 6.97. The van der Waals surface area contributed by atoms with Crippen LogP contribution in [0.25, 0.3) is 28.6 Å². The van der Waals surface area contributed by atoms with Crippen molar-refractivity contribution in [3.05, 3.63) is 82.5 Å². The lowest BCUT2D eigenvalue weighted by Gasteiger charge is -2.09. The van der Waals surface area contributed by atoms with Gasteiger partial charge in [-0.05, 0) is 53.5 Å². The molecule has 0 bridgehead atoms. The summed E-state index contributed by atoms with van der Waals surface area (Å²) in [5.41, 5.74) is 5.05. The summed E-state index contributed by atoms with van der Waals surface area (Å²) in [5, 5.41) is 14.2. The maximum absolute atomic E-state index is 12.9. The number of hydrogen-bond acceptors (Lipinski definition) is 4. The van der Waals surface area contributed by atoms with Crippen LogP contribution in [0.2, 0.25) is 0 Å². The number of imidazole rings is 1. The molecule has 0 aliphatic rings. The number of H-pyrrole nitrogens is 1. The van der Waals surface area contributed by atoms with Crippen LogP contribution in [0.4, 0.5) is 0 Å². The van der Waals surface area contributed by atoms with E-state index in [0.29, 0.717) is 12.4 Å². The van der Waals surface area contributed by atoms with Gasteiger partial charge in [-0.3, -0.25) is 9.13 Å². The number of nitrogens with zero attached hydrogens (tertiary/aromatic N) is 5. The van der Waals surface area contributed by atoms with Crippen LogP contribution in [-0.2, 0) is 6.54 Å². The van der Waals surface area contributed by atoms with Crippen molar-refractivity contribution in [3.8, 4) is 22.5 Å². The molecular weight excluding hydrogens is 388 g/mol. The van der Waals surface area contributed by atoms with E-state index in [1.165, 1.54) is 0 Å². The minimum atomic E-state index is 0.0120. The molecule has 0 amide bonds. The zero-order valence-electron chi connectivity index (χ0n) is 18.0. The molecule has 7 nitrogen and oxygen atoms in total. The Balaban J connectivity index is 1.66. The number of tetrazole rings is 1. The van der Waals surface area contributed by atoms with Gasteiger partial charge in [0.2, 0.25) is 0 Å². The molecule has 4 rings (SSSR count). The van der Waals surface area contributed by atoms with Gasteiger partial charge in [-0.25, -0.2) is 9.89 Å². The Morgan fingerprint density at radius 1 is 1.06 bits per heavy atom. The number of nitrogens with one attached hydrogen (secondary N) is 1. The fourth-order valence-corrected chi connectivity index (χ4v) is 3.60. The zero-order chi connectivity index (χ0) is 21.8. The van der Waals surface area contributed by atoms with Crippen LogP contribution in [0.1, 0.15) is 44.5 Å². The predicted molar refractivity (Wildman–Crippen MR) is 123 cm³/mol. The number of rotatable bonds is 7. The summed E-state index contributed by atoms with van der Waals surface area (Å²) in [5.74, 6) is 0.633. The smallest absolute Gasteiger partial charge is 0.296 e. The highest BCUT2D eigenvalue weighted by atomic mass is 16.1. The second-order valence-electron chi connectivity index (χ2n) is 7.73. The van der Waals surface area contributed by atoms with Gasteiger partial charge in [0.1, 0.15) is 0 Å². The third kappa shape index (κ3) is 4.26. The monoisotopic (exact) mass is 414 g/mol. The minimum Gasteiger partial charge on any atom is -0.296 e. The van der Waals surface area contributed by atoms with Crippen molar-refractivity contribution >= 4 is 6.08 Å². The average Bonchev–Trinajstić information content (AvgIpc) is 3.42. The van der Waals surface area contributed by atoms with Crippen molar-refractivity contribution in [1.82, 2.24) is 29.8 Å². The summed E-state index contributed by atoms with van der Waals surface area (Å²) in [6.45, 7) is 6.66. The predicted octanol–water partition coefficient (Wildman–Crippen LogP) is 4.55. The highest BCUT2D eigenvalue weighted by Crippen LogP contribution is 2.29. The highest BCUT2D eigenvalue weighted by molar-refractivity contribution is 5.80. The minimum absolute atomic E-state index is 0.0120. The lowest BCUT2D eigenvalue weighted by molar-refractivity contribution is 0.561. The molecule has 0 saturated heterocycles. The lowest BCUT2D eigenvalue weighted by atomic mass is 9.98. The van der Waals surface area contributed by atoms with E-state index in [-0.39, 0.29) is 11.7 Å².